The molecule has 0 fully saturated rings. The van der Waals surface area contributed by atoms with E-state index in [1.165, 1.54) is 51.8 Å². The monoisotopic (exact) mass is 474 g/mol. The summed E-state index contributed by atoms with van der Waals surface area (Å²) in [5.74, 6) is 2.88. The van der Waals surface area contributed by atoms with Gasteiger partial charge in [0.15, 0.2) is 0 Å². The van der Waals surface area contributed by atoms with Gasteiger partial charge >= 0.3 is 163 Å². The first-order chi connectivity index (χ1) is 11.7. The Morgan fingerprint density at radius 1 is 0.880 bits per heavy atom. The quantitative estimate of drug-likeness (QED) is 0.289. The van der Waals surface area contributed by atoms with Crippen molar-refractivity contribution in [2.45, 2.75) is 104 Å². The van der Waals surface area contributed by atoms with E-state index < -0.39 is 38.7 Å². The minimum atomic E-state index is -2.38. The molecule has 25 heavy (non-hydrogen) atoms. The van der Waals surface area contributed by atoms with Gasteiger partial charge in [0.2, 0.25) is 0 Å². The summed E-state index contributed by atoms with van der Waals surface area (Å²) in [7, 11) is -1.52. The van der Waals surface area contributed by atoms with Crippen LogP contribution in [0.4, 0.5) is 0 Å². The van der Waals surface area contributed by atoms with Crippen LogP contribution in [0, 0.1) is 11.5 Å². The molecule has 0 rings (SSSR count). The molecule has 0 aromatic rings. The second kappa shape index (κ2) is 13.4. The van der Waals surface area contributed by atoms with E-state index in [4.69, 9.17) is 0 Å². The fraction of sp³-hybridized carbons (Fsp3) is 0.810. The molecule has 0 aromatic carbocycles. The maximum atomic E-state index is 10.4. The Morgan fingerprint density at radius 3 is 1.68 bits per heavy atom. The normalized spacial score (nSPS) is 15.0. The van der Waals surface area contributed by atoms with Gasteiger partial charge in [0, 0.05) is 0 Å². The summed E-state index contributed by atoms with van der Waals surface area (Å²) in [5.41, 5.74) is 3.16. The molecule has 0 unspecified atom stereocenters. The van der Waals surface area contributed by atoms with E-state index in [0.29, 0.717) is 0 Å². The van der Waals surface area contributed by atoms with Crippen molar-refractivity contribution in [2.75, 3.05) is 0 Å². The zero-order chi connectivity index (χ0) is 19.3. The van der Waals surface area contributed by atoms with Crippen molar-refractivity contribution in [2.24, 2.45) is 0 Å². The third-order valence-corrected chi connectivity index (χ3v) is 19.7. The van der Waals surface area contributed by atoms with Gasteiger partial charge in [0.05, 0.1) is 0 Å². The molecular formula is C21H42O2SiSn. The molecule has 146 valence electrons. The molecule has 0 heterocycles. The summed E-state index contributed by atoms with van der Waals surface area (Å²) >= 11 is -2.38. The molecule has 2 nitrogen and oxygen atoms in total. The topological polar surface area (TPSA) is 40.5 Å². The van der Waals surface area contributed by atoms with Crippen LogP contribution < -0.4 is 0 Å². The maximum absolute atomic E-state index is 10.4. The number of hydrogen-bond acceptors (Lipinski definition) is 2. The minimum absolute atomic E-state index is 0.843. The third kappa shape index (κ3) is 12.3. The molecule has 0 aliphatic carbocycles. The van der Waals surface area contributed by atoms with Crippen molar-refractivity contribution < 1.29 is 10.2 Å². The van der Waals surface area contributed by atoms with Gasteiger partial charge in [0.25, 0.3) is 0 Å². The number of rotatable bonds is 12. The Morgan fingerprint density at radius 2 is 1.32 bits per heavy atom. The summed E-state index contributed by atoms with van der Waals surface area (Å²) < 4.78 is 6.56. The number of aliphatic hydroxyl groups excluding tert-OH is 2. The Balaban J connectivity index is 5.20. The summed E-state index contributed by atoms with van der Waals surface area (Å²) in [6.07, 6.45) is 7.78. The van der Waals surface area contributed by atoms with Gasteiger partial charge < -0.3 is 0 Å². The van der Waals surface area contributed by atoms with Gasteiger partial charge in [0.1, 0.15) is 0 Å². The van der Waals surface area contributed by atoms with Crippen molar-refractivity contribution in [3.8, 4) is 11.5 Å². The molecule has 0 saturated heterocycles. The van der Waals surface area contributed by atoms with Gasteiger partial charge in [-0.25, -0.2) is 0 Å². The molecule has 0 bridgehead atoms. The van der Waals surface area contributed by atoms with Crippen LogP contribution in [-0.2, 0) is 0 Å². The van der Waals surface area contributed by atoms with Crippen LogP contribution in [0.1, 0.15) is 59.3 Å². The molecule has 2 atom stereocenters. The fourth-order valence-corrected chi connectivity index (χ4v) is 17.9. The predicted molar refractivity (Wildman–Crippen MR) is 117 cm³/mol. The van der Waals surface area contributed by atoms with Crippen molar-refractivity contribution >= 4 is 26.5 Å². The van der Waals surface area contributed by atoms with Crippen molar-refractivity contribution in [1.29, 1.82) is 0 Å². The number of hydrogen-bond donors (Lipinski definition) is 2. The zero-order valence-electron chi connectivity index (χ0n) is 17.6. The average molecular weight is 473 g/mol. The second-order valence-corrected chi connectivity index (χ2v) is 26.2. The summed E-state index contributed by atoms with van der Waals surface area (Å²) in [6.45, 7) is 13.3. The van der Waals surface area contributed by atoms with Crippen LogP contribution in [0.5, 0.6) is 0 Å². The van der Waals surface area contributed by atoms with E-state index in [2.05, 4.69) is 56.0 Å². The molecule has 0 aromatic heterocycles. The molecule has 0 saturated carbocycles. The third-order valence-electron chi connectivity index (χ3n) is 4.65. The van der Waals surface area contributed by atoms with Gasteiger partial charge in [-0.05, 0) is 0 Å². The first kappa shape index (κ1) is 25.2. The second-order valence-electron chi connectivity index (χ2n) is 8.49. The number of aliphatic hydroxyl groups is 2. The molecule has 0 radical (unpaired) electrons. The van der Waals surface area contributed by atoms with E-state index in [1.807, 2.05) is 6.08 Å². The Labute approximate surface area is 162 Å². The first-order valence-corrected chi connectivity index (χ1v) is 21.5. The predicted octanol–water partition coefficient (Wildman–Crippen LogP) is 5.53. The van der Waals surface area contributed by atoms with Gasteiger partial charge in [-0.15, -0.1) is 0 Å². The van der Waals surface area contributed by atoms with Gasteiger partial charge in [-0.1, -0.05) is 0 Å². The Bertz CT molecular complexity index is 410. The van der Waals surface area contributed by atoms with Crippen LogP contribution in [0.2, 0.25) is 33.0 Å². The van der Waals surface area contributed by atoms with Crippen molar-refractivity contribution in [1.82, 2.24) is 0 Å². The molecule has 2 N–H and O–H groups in total. The van der Waals surface area contributed by atoms with Gasteiger partial charge in [-0.2, -0.15) is 0 Å². The van der Waals surface area contributed by atoms with Gasteiger partial charge in [-0.3, -0.25) is 0 Å². The van der Waals surface area contributed by atoms with Crippen LogP contribution in [-0.4, -0.2) is 48.9 Å². The summed E-state index contributed by atoms with van der Waals surface area (Å²) in [4.78, 5) is 0. The van der Waals surface area contributed by atoms with Crippen molar-refractivity contribution in [3.05, 3.63) is 10.2 Å². The van der Waals surface area contributed by atoms with Crippen LogP contribution in [0.25, 0.3) is 0 Å². The van der Waals surface area contributed by atoms with Crippen LogP contribution >= 0.6 is 0 Å². The Kier molecular flexibility index (Phi) is 13.5. The number of unbranched alkanes of at least 4 members (excludes halogenated alkanes) is 3. The molecule has 0 aliphatic heterocycles. The SMILES string of the molecule is CCC[CH2][Sn](/[CH]=C/[C@H](O)[C@@H](O)C#C[Si](C)(C)C)([CH2]CCC)[CH2]CCC. The molecular weight excluding hydrogens is 431 g/mol. The fourth-order valence-electron chi connectivity index (χ4n) is 3.00. The van der Waals surface area contributed by atoms with E-state index in [1.54, 1.807) is 0 Å². The summed E-state index contributed by atoms with van der Waals surface area (Å²) in [5, 5.41) is 20.5. The average Bonchev–Trinajstić information content (AvgIpc) is 2.57. The van der Waals surface area contributed by atoms with Crippen molar-refractivity contribution in [3.63, 3.8) is 0 Å². The molecule has 0 spiro atoms. The first-order valence-electron chi connectivity index (χ1n) is 10.3. The summed E-state index contributed by atoms with van der Waals surface area (Å²) in [6, 6.07) is 0. The Hall–Kier alpha value is 0.236. The van der Waals surface area contributed by atoms with E-state index in [0.717, 1.165) is 0 Å². The molecule has 0 aliphatic rings. The van der Waals surface area contributed by atoms with Crippen LogP contribution in [0.15, 0.2) is 10.2 Å². The molecule has 0 amide bonds. The van der Waals surface area contributed by atoms with E-state index >= 15 is 0 Å². The standard InChI is InChI=1S/C9H15O2Si.3C4H9.Sn/c1-5-8(10)9(11)6-7-12(2,3)4;3*1-3-4-2;/h1,5,8-11H,2-4H3;3*1,3-4H2,2H3;/t8-,9-;;;;/m0..../s1. The van der Waals surface area contributed by atoms with E-state index in [-0.39, 0.29) is 0 Å². The van der Waals surface area contributed by atoms with E-state index in [9.17, 15) is 10.2 Å². The zero-order valence-corrected chi connectivity index (χ0v) is 21.4. The molecule has 4 heteroatoms. The van der Waals surface area contributed by atoms with Crippen LogP contribution in [0.3, 0.4) is 0 Å².